The maximum atomic E-state index is 13.4. The van der Waals surface area contributed by atoms with Crippen LogP contribution in [-0.2, 0) is 4.79 Å². The van der Waals surface area contributed by atoms with Gasteiger partial charge < -0.3 is 10.2 Å². The summed E-state index contributed by atoms with van der Waals surface area (Å²) in [7, 11) is 3.60. The quantitative estimate of drug-likeness (QED) is 0.508. The highest BCUT2D eigenvalue weighted by Crippen LogP contribution is 2.39. The van der Waals surface area contributed by atoms with Crippen molar-refractivity contribution in [1.82, 2.24) is 9.80 Å². The van der Waals surface area contributed by atoms with Crippen molar-refractivity contribution in [2.24, 2.45) is 0 Å². The number of imide groups is 1. The molecule has 0 aliphatic carbocycles. The second-order valence-electron chi connectivity index (χ2n) is 7.58. The lowest BCUT2D eigenvalue weighted by atomic mass is 9.89. The number of nitrogens with one attached hydrogen (secondary N) is 1. The summed E-state index contributed by atoms with van der Waals surface area (Å²) in [6.07, 6.45) is -5.08. The summed E-state index contributed by atoms with van der Waals surface area (Å²) < 4.78 is 38.6. The SMILES string of the molecule is CN(C)CCN1C(=O)c2cccc3cc4cccc(NC(=O)C(F)(F)F)c4c(c23)C1=O. The summed E-state index contributed by atoms with van der Waals surface area (Å²) in [5, 5.41) is 3.53. The smallest absolute Gasteiger partial charge is 0.318 e. The molecule has 0 radical (unpaired) electrons. The molecule has 3 aromatic rings. The fourth-order valence-electron chi connectivity index (χ4n) is 3.80. The molecule has 3 aromatic carbocycles. The van der Waals surface area contributed by atoms with E-state index in [0.717, 1.165) is 4.90 Å². The molecule has 0 spiro atoms. The van der Waals surface area contributed by atoms with Crippen LogP contribution in [0.15, 0.2) is 42.5 Å². The van der Waals surface area contributed by atoms with Gasteiger partial charge in [0.2, 0.25) is 0 Å². The standard InChI is InChI=1S/C22H18F3N3O3/c1-27(2)9-10-28-19(29)14-7-3-5-12-11-13-6-4-8-15(26-21(31)22(23,24)25)17(13)18(16(12)14)20(28)30/h3-8,11H,9-10H2,1-2H3,(H,26,31). The Bertz CT molecular complexity index is 1250. The van der Waals surface area contributed by atoms with Gasteiger partial charge in [-0.25, -0.2) is 0 Å². The number of fused-ring (bicyclic) bond motifs is 2. The van der Waals surface area contributed by atoms with Gasteiger partial charge in [-0.1, -0.05) is 24.3 Å². The molecule has 9 heteroatoms. The third-order valence-electron chi connectivity index (χ3n) is 5.22. The van der Waals surface area contributed by atoms with Crippen molar-refractivity contribution in [3.05, 3.63) is 53.6 Å². The molecule has 0 unspecified atom stereocenters. The third kappa shape index (κ3) is 3.50. The number of nitrogens with zero attached hydrogens (tertiary/aromatic N) is 2. The van der Waals surface area contributed by atoms with Crippen LogP contribution in [0.25, 0.3) is 21.5 Å². The summed E-state index contributed by atoms with van der Waals surface area (Å²) in [5.41, 5.74) is 0.269. The lowest BCUT2D eigenvalue weighted by molar-refractivity contribution is -0.167. The van der Waals surface area contributed by atoms with Crippen LogP contribution in [0.2, 0.25) is 0 Å². The van der Waals surface area contributed by atoms with E-state index in [1.165, 1.54) is 12.1 Å². The first-order chi connectivity index (χ1) is 14.6. The molecule has 1 aliphatic rings. The molecular formula is C22H18F3N3O3. The van der Waals surface area contributed by atoms with E-state index in [-0.39, 0.29) is 23.2 Å². The van der Waals surface area contributed by atoms with Crippen LogP contribution >= 0.6 is 0 Å². The second kappa shape index (κ2) is 7.35. The van der Waals surface area contributed by atoms with Gasteiger partial charge in [-0.2, -0.15) is 13.2 Å². The van der Waals surface area contributed by atoms with Gasteiger partial charge in [0.25, 0.3) is 11.8 Å². The number of carbonyl (C=O) groups excluding carboxylic acids is 3. The van der Waals surface area contributed by atoms with Crippen LogP contribution in [0, 0.1) is 0 Å². The largest absolute Gasteiger partial charge is 0.471 e. The monoisotopic (exact) mass is 429 g/mol. The molecule has 3 amide bonds. The Morgan fingerprint density at radius 1 is 1.00 bits per heavy atom. The summed E-state index contributed by atoms with van der Waals surface area (Å²) >= 11 is 0. The minimum atomic E-state index is -5.08. The van der Waals surface area contributed by atoms with Crippen LogP contribution in [0.3, 0.4) is 0 Å². The highest BCUT2D eigenvalue weighted by atomic mass is 19.4. The average molecular weight is 429 g/mol. The normalized spacial score (nSPS) is 14.1. The molecule has 31 heavy (non-hydrogen) atoms. The van der Waals surface area contributed by atoms with Crippen molar-refractivity contribution in [1.29, 1.82) is 0 Å². The number of benzene rings is 3. The maximum absolute atomic E-state index is 13.4. The number of hydrogen-bond donors (Lipinski definition) is 1. The Hall–Kier alpha value is -3.46. The van der Waals surface area contributed by atoms with Crippen molar-refractivity contribution in [2.75, 3.05) is 32.5 Å². The molecule has 0 atom stereocenters. The zero-order valence-corrected chi connectivity index (χ0v) is 16.7. The summed E-state index contributed by atoms with van der Waals surface area (Å²) in [4.78, 5) is 41.0. The summed E-state index contributed by atoms with van der Waals surface area (Å²) in [5.74, 6) is -3.19. The number of likely N-dealkylation sites (N-methyl/N-ethyl adjacent to an activating group) is 1. The first-order valence-corrected chi connectivity index (χ1v) is 9.47. The number of anilines is 1. The van der Waals surface area contributed by atoms with Crippen LogP contribution < -0.4 is 5.32 Å². The number of rotatable bonds is 4. The summed E-state index contributed by atoms with van der Waals surface area (Å²) in [6, 6.07) is 11.2. The fraction of sp³-hybridized carbons (Fsp3) is 0.227. The highest BCUT2D eigenvalue weighted by molar-refractivity contribution is 6.32. The molecular weight excluding hydrogens is 411 g/mol. The van der Waals surface area contributed by atoms with E-state index in [1.54, 1.807) is 44.4 Å². The predicted octanol–water partition coefficient (Wildman–Crippen LogP) is 3.65. The molecule has 0 saturated carbocycles. The Morgan fingerprint density at radius 2 is 1.65 bits per heavy atom. The van der Waals surface area contributed by atoms with Gasteiger partial charge in [0, 0.05) is 35.1 Å². The van der Waals surface area contributed by atoms with E-state index in [1.807, 2.05) is 10.2 Å². The molecule has 1 aliphatic heterocycles. The van der Waals surface area contributed by atoms with E-state index in [0.29, 0.717) is 28.3 Å². The summed E-state index contributed by atoms with van der Waals surface area (Å²) in [6.45, 7) is 0.541. The van der Waals surface area contributed by atoms with E-state index in [2.05, 4.69) is 0 Å². The number of amides is 3. The zero-order chi connectivity index (χ0) is 22.5. The molecule has 160 valence electrons. The van der Waals surface area contributed by atoms with E-state index >= 15 is 0 Å². The Kier molecular flexibility index (Phi) is 4.93. The molecule has 0 aromatic heterocycles. The van der Waals surface area contributed by atoms with Crippen molar-refractivity contribution < 1.29 is 27.6 Å². The van der Waals surface area contributed by atoms with Crippen LogP contribution in [0.4, 0.5) is 18.9 Å². The van der Waals surface area contributed by atoms with Crippen LogP contribution in [0.1, 0.15) is 20.7 Å². The van der Waals surface area contributed by atoms with Crippen molar-refractivity contribution >= 4 is 45.0 Å². The van der Waals surface area contributed by atoms with Crippen LogP contribution in [-0.4, -0.2) is 60.9 Å². The van der Waals surface area contributed by atoms with E-state index < -0.39 is 23.9 Å². The minimum Gasteiger partial charge on any atom is -0.318 e. The van der Waals surface area contributed by atoms with Gasteiger partial charge in [0.1, 0.15) is 0 Å². The van der Waals surface area contributed by atoms with Gasteiger partial charge in [0.05, 0.1) is 5.56 Å². The molecule has 4 rings (SSSR count). The zero-order valence-electron chi connectivity index (χ0n) is 16.7. The van der Waals surface area contributed by atoms with Gasteiger partial charge in [-0.05, 0) is 43.1 Å². The second-order valence-corrected chi connectivity index (χ2v) is 7.58. The number of alkyl halides is 3. The lowest BCUT2D eigenvalue weighted by Gasteiger charge is -2.29. The first kappa shape index (κ1) is 20.8. The van der Waals surface area contributed by atoms with Crippen molar-refractivity contribution in [3.63, 3.8) is 0 Å². The molecule has 1 heterocycles. The number of carbonyl (C=O) groups is 3. The van der Waals surface area contributed by atoms with Gasteiger partial charge >= 0.3 is 12.1 Å². The molecule has 0 saturated heterocycles. The molecule has 6 nitrogen and oxygen atoms in total. The van der Waals surface area contributed by atoms with E-state index in [9.17, 15) is 27.6 Å². The Balaban J connectivity index is 1.99. The van der Waals surface area contributed by atoms with E-state index in [4.69, 9.17) is 0 Å². The molecule has 0 fully saturated rings. The van der Waals surface area contributed by atoms with Crippen molar-refractivity contribution in [3.8, 4) is 0 Å². The topological polar surface area (TPSA) is 69.7 Å². The predicted molar refractivity (Wildman–Crippen MR) is 110 cm³/mol. The number of hydrogen-bond acceptors (Lipinski definition) is 4. The van der Waals surface area contributed by atoms with Gasteiger partial charge in [0.15, 0.2) is 0 Å². The molecule has 1 N–H and O–H groups in total. The fourth-order valence-corrected chi connectivity index (χ4v) is 3.80. The first-order valence-electron chi connectivity index (χ1n) is 9.47. The lowest BCUT2D eigenvalue weighted by Crippen LogP contribution is -2.43. The Morgan fingerprint density at radius 3 is 2.29 bits per heavy atom. The van der Waals surface area contributed by atoms with Crippen LogP contribution in [0.5, 0.6) is 0 Å². The number of halogens is 3. The third-order valence-corrected chi connectivity index (χ3v) is 5.22. The van der Waals surface area contributed by atoms with Crippen molar-refractivity contribution in [2.45, 2.75) is 6.18 Å². The Labute approximate surface area is 175 Å². The highest BCUT2D eigenvalue weighted by Gasteiger charge is 2.40. The average Bonchev–Trinajstić information content (AvgIpc) is 2.69. The van der Waals surface area contributed by atoms with Gasteiger partial charge in [-0.3, -0.25) is 19.3 Å². The minimum absolute atomic E-state index is 0.111. The molecule has 0 bridgehead atoms. The maximum Gasteiger partial charge on any atom is 0.471 e. The van der Waals surface area contributed by atoms with Gasteiger partial charge in [-0.15, -0.1) is 0 Å².